The molecule has 0 amide bonds. The maximum Gasteiger partial charge on any atom is 0.466 e. The first-order valence-corrected chi connectivity index (χ1v) is 4.08. The molecule has 7 heavy (non-hydrogen) atoms. The van der Waals surface area contributed by atoms with Crippen molar-refractivity contribution in [3.05, 3.63) is 0 Å². The Kier molecular flexibility index (Phi) is 6.54. The average molecular weight is 145 g/mol. The van der Waals surface area contributed by atoms with E-state index in [1.165, 1.54) is 0 Å². The van der Waals surface area contributed by atoms with Gasteiger partial charge in [0.2, 0.25) is 0 Å². The Hall–Kier alpha value is 0.287. The minimum absolute atomic E-state index is 0.806. The van der Waals surface area contributed by atoms with Crippen LogP contribution in [-0.4, -0.2) is 25.1 Å². The second-order valence-electron chi connectivity index (χ2n) is 0.513. The van der Waals surface area contributed by atoms with Gasteiger partial charge in [0.25, 0.3) is 0 Å². The number of hydrogen-bond acceptors (Lipinski definition) is 2. The van der Waals surface area contributed by atoms with Gasteiger partial charge in [-0.05, 0) is 0 Å². The van der Waals surface area contributed by atoms with E-state index in [1.54, 1.807) is 0 Å². The fraction of sp³-hybridized carbons (Fsp3) is 0. The molecule has 0 fully saturated rings. The van der Waals surface area contributed by atoms with Crippen LogP contribution in [0.4, 0.5) is 0 Å². The smallest absolute Gasteiger partial charge is 0.358 e. The van der Waals surface area contributed by atoms with E-state index in [0.717, 1.165) is 10.4 Å². The van der Waals surface area contributed by atoms with Crippen LogP contribution < -0.4 is 5.40 Å². The minimum atomic E-state index is -4.64. The molecule has 0 saturated carbocycles. The quantitative estimate of drug-likeness (QED) is 0.219. The van der Waals surface area contributed by atoms with Gasteiger partial charge >= 0.3 is 7.82 Å². The summed E-state index contributed by atoms with van der Waals surface area (Å²) in [5.74, 6) is 0. The molecule has 0 bridgehead atoms. The van der Waals surface area contributed by atoms with Crippen molar-refractivity contribution in [3.63, 3.8) is 0 Å². The zero-order chi connectivity index (χ0) is 6.50. The lowest BCUT2D eigenvalue weighted by atomic mass is 13.9. The molecule has 0 aliphatic heterocycles. The van der Waals surface area contributed by atoms with Crippen LogP contribution in [0.5, 0.6) is 0 Å². The van der Waals surface area contributed by atoms with Crippen molar-refractivity contribution in [2.24, 2.45) is 5.40 Å². The number of phosphoric acid groups is 1. The van der Waals surface area contributed by atoms with E-state index in [0.29, 0.717) is 0 Å². The van der Waals surface area contributed by atoms with Crippen LogP contribution >= 0.6 is 7.82 Å². The first-order chi connectivity index (χ1) is 3.00. The lowest BCUT2D eigenvalue weighted by Gasteiger charge is -1.82. The molecule has 0 atom stereocenters. The second kappa shape index (κ2) is 4.45. The molecule has 46 valence electrons. The van der Waals surface area contributed by atoms with E-state index >= 15 is 0 Å². The molecule has 5 nitrogen and oxygen atoms in total. The summed E-state index contributed by atoms with van der Waals surface area (Å²) in [4.78, 5) is 21.6. The summed E-state index contributed by atoms with van der Waals surface area (Å²) < 4.78 is 8.88. The van der Waals surface area contributed by atoms with Crippen molar-refractivity contribution >= 4 is 18.2 Å². The van der Waals surface area contributed by atoms with Gasteiger partial charge in [-0.3, -0.25) is 0 Å². The van der Waals surface area contributed by atoms with E-state index in [-0.39, 0.29) is 0 Å². The molecule has 5 N–H and O–H groups in total. The summed E-state index contributed by atoms with van der Waals surface area (Å²) in [5, 5.41) is 4.64. The summed E-state index contributed by atoms with van der Waals surface area (Å²) in [6.07, 6.45) is 0. The van der Waals surface area contributed by atoms with Crippen molar-refractivity contribution in [3.8, 4) is 0 Å². The molecule has 0 aliphatic rings. The van der Waals surface area contributed by atoms with Gasteiger partial charge in [0.1, 0.15) is 0 Å². The highest BCUT2D eigenvalue weighted by Crippen LogP contribution is 2.25. The Bertz CT molecular complexity index is 57.8. The second-order valence-corrected chi connectivity index (χ2v) is 1.54. The first kappa shape index (κ1) is 10.3. The third-order valence-corrected chi connectivity index (χ3v) is 0. The fourth-order valence-corrected chi connectivity index (χ4v) is 0. The molecular formula is H8NO4PSi. The molecule has 0 saturated heterocycles. The molecule has 0 aromatic carbocycles. The maximum absolute atomic E-state index is 8.88. The van der Waals surface area contributed by atoms with Crippen LogP contribution in [0.2, 0.25) is 0 Å². The van der Waals surface area contributed by atoms with E-state index in [1.807, 2.05) is 0 Å². The van der Waals surface area contributed by atoms with Gasteiger partial charge in [-0.1, -0.05) is 0 Å². The highest BCUT2D eigenvalue weighted by atomic mass is 31.2. The summed E-state index contributed by atoms with van der Waals surface area (Å²) in [5.41, 5.74) is 0. The Morgan fingerprint density at radius 1 is 1.29 bits per heavy atom. The number of rotatable bonds is 0. The molecule has 7 heteroatoms. The molecule has 0 aromatic heterocycles. The Morgan fingerprint density at radius 3 is 1.29 bits per heavy atom. The van der Waals surface area contributed by atoms with Gasteiger partial charge in [-0.15, -0.1) is 0 Å². The molecule has 0 spiro atoms. The van der Waals surface area contributed by atoms with Crippen molar-refractivity contribution in [2.45, 2.75) is 0 Å². The predicted molar refractivity (Wildman–Crippen MR) is 28.4 cm³/mol. The third-order valence-electron chi connectivity index (χ3n) is 0. The Labute approximate surface area is 43.9 Å². The molecule has 0 heterocycles. The van der Waals surface area contributed by atoms with Crippen LogP contribution in [0, 0.1) is 0 Å². The van der Waals surface area contributed by atoms with Gasteiger partial charge in [-0.25, -0.2) is 4.57 Å². The monoisotopic (exact) mass is 145 g/mol. The third kappa shape index (κ3) is 1400. The maximum atomic E-state index is 8.88. The van der Waals surface area contributed by atoms with Gasteiger partial charge in [0, 0.05) is 0 Å². The SMILES string of the molecule is N[SiH3].O=P(O)(O)O. The topological polar surface area (TPSA) is 104 Å². The van der Waals surface area contributed by atoms with E-state index in [9.17, 15) is 0 Å². The van der Waals surface area contributed by atoms with Crippen LogP contribution in [0.25, 0.3) is 0 Å². The average Bonchev–Trinajstić information content (AvgIpc) is 1.36. The highest BCUT2D eigenvalue weighted by Gasteiger charge is 2.00. The van der Waals surface area contributed by atoms with Crippen molar-refractivity contribution < 1.29 is 19.2 Å². The van der Waals surface area contributed by atoms with Gasteiger partial charge in [0.05, 0.1) is 10.4 Å². The Balaban J connectivity index is 0. The van der Waals surface area contributed by atoms with E-state index in [4.69, 9.17) is 19.2 Å². The van der Waals surface area contributed by atoms with Crippen LogP contribution in [-0.2, 0) is 4.57 Å². The molecule has 0 unspecified atom stereocenters. The van der Waals surface area contributed by atoms with Crippen LogP contribution in [0.15, 0.2) is 0 Å². The fourth-order valence-electron chi connectivity index (χ4n) is 0. The van der Waals surface area contributed by atoms with Crippen molar-refractivity contribution in [2.75, 3.05) is 0 Å². The molecule has 0 aliphatic carbocycles. The van der Waals surface area contributed by atoms with Gasteiger partial charge < -0.3 is 20.1 Å². The van der Waals surface area contributed by atoms with Crippen LogP contribution in [0.3, 0.4) is 0 Å². The van der Waals surface area contributed by atoms with Crippen molar-refractivity contribution in [1.82, 2.24) is 0 Å². The van der Waals surface area contributed by atoms with Crippen LogP contribution in [0.1, 0.15) is 0 Å². The number of hydrogen-bond donors (Lipinski definition) is 4. The Morgan fingerprint density at radius 2 is 1.29 bits per heavy atom. The largest absolute Gasteiger partial charge is 0.466 e. The lowest BCUT2D eigenvalue weighted by Crippen LogP contribution is -1.75. The van der Waals surface area contributed by atoms with Gasteiger partial charge in [0.15, 0.2) is 0 Å². The standard InChI is InChI=1S/H5NSi.H3O4P/c1-2;1-5(2,3)4/h1H2,2H3;(H3,1,2,3,4). The normalized spacial score (nSPS) is 9.71. The molecule has 0 aromatic rings. The minimum Gasteiger partial charge on any atom is -0.358 e. The summed E-state index contributed by atoms with van der Waals surface area (Å²) in [6, 6.07) is 0. The molecule has 0 rings (SSSR count). The first-order valence-electron chi connectivity index (χ1n) is 1.36. The lowest BCUT2D eigenvalue weighted by molar-refractivity contribution is 0.275. The highest BCUT2D eigenvalue weighted by molar-refractivity contribution is 7.45. The van der Waals surface area contributed by atoms with Crippen molar-refractivity contribution in [1.29, 1.82) is 0 Å². The summed E-state index contributed by atoms with van der Waals surface area (Å²) >= 11 is 0. The zero-order valence-electron chi connectivity index (χ0n) is 3.77. The van der Waals surface area contributed by atoms with Gasteiger partial charge in [-0.2, -0.15) is 0 Å². The zero-order valence-corrected chi connectivity index (χ0v) is 6.67. The number of nitrogens with two attached hydrogens (primary N) is 1. The summed E-state index contributed by atoms with van der Waals surface area (Å²) in [6.45, 7) is 0. The molecule has 0 radical (unpaired) electrons. The molecular weight excluding hydrogens is 137 g/mol. The summed E-state index contributed by atoms with van der Waals surface area (Å²) in [7, 11) is -3.83. The van der Waals surface area contributed by atoms with E-state index < -0.39 is 7.82 Å². The van der Waals surface area contributed by atoms with E-state index in [2.05, 4.69) is 5.40 Å². The predicted octanol–water partition coefficient (Wildman–Crippen LogP) is -2.70.